The highest BCUT2D eigenvalue weighted by Gasteiger charge is 2.36. The molecule has 0 aromatic carbocycles. The lowest BCUT2D eigenvalue weighted by atomic mass is 9.79. The molecule has 1 saturated heterocycles. The third-order valence-corrected chi connectivity index (χ3v) is 5.10. The predicted molar refractivity (Wildman–Crippen MR) is 78.6 cm³/mol. The summed E-state index contributed by atoms with van der Waals surface area (Å²) in [5.41, 5.74) is 0.715. The van der Waals surface area contributed by atoms with Crippen molar-refractivity contribution >= 4 is 11.7 Å². The molecule has 2 atom stereocenters. The molecule has 3 heterocycles. The van der Waals surface area contributed by atoms with E-state index in [1.165, 1.54) is 19.3 Å². The minimum absolute atomic E-state index is 0.00485. The number of rotatable bonds is 2. The van der Waals surface area contributed by atoms with E-state index in [0.29, 0.717) is 23.7 Å². The Morgan fingerprint density at radius 2 is 2.29 bits per heavy atom. The Bertz CT molecular complexity index is 552. The average Bonchev–Trinajstić information content (AvgIpc) is 2.86. The van der Waals surface area contributed by atoms with Crippen molar-refractivity contribution in [2.45, 2.75) is 38.3 Å². The Hall–Kier alpha value is -1.56. The first-order valence-corrected chi connectivity index (χ1v) is 7.96. The molecule has 1 saturated carbocycles. The fraction of sp³-hybridized carbons (Fsp3) is 0.733. The molecular formula is C15H22N4O2. The maximum atomic E-state index is 12.1. The number of ether oxygens (including phenoxy) is 1. The van der Waals surface area contributed by atoms with Crippen molar-refractivity contribution in [2.75, 3.05) is 31.2 Å². The van der Waals surface area contributed by atoms with E-state index in [9.17, 15) is 4.79 Å². The van der Waals surface area contributed by atoms with Crippen LogP contribution in [0, 0.1) is 5.92 Å². The summed E-state index contributed by atoms with van der Waals surface area (Å²) in [4.78, 5) is 14.4. The van der Waals surface area contributed by atoms with Crippen molar-refractivity contribution in [2.24, 2.45) is 5.92 Å². The third kappa shape index (κ3) is 2.12. The number of nitrogens with one attached hydrogen (secondary N) is 1. The van der Waals surface area contributed by atoms with E-state index in [-0.39, 0.29) is 5.91 Å². The normalized spacial score (nSPS) is 29.8. The topological polar surface area (TPSA) is 59.4 Å². The van der Waals surface area contributed by atoms with E-state index in [4.69, 9.17) is 9.84 Å². The molecule has 0 spiro atoms. The summed E-state index contributed by atoms with van der Waals surface area (Å²) in [5.74, 6) is 1.59. The van der Waals surface area contributed by atoms with Crippen LogP contribution in [-0.2, 0) is 4.74 Å². The molecule has 21 heavy (non-hydrogen) atoms. The van der Waals surface area contributed by atoms with Gasteiger partial charge in [-0.05, 0) is 25.7 Å². The lowest BCUT2D eigenvalue weighted by molar-refractivity contribution is 0.0863. The zero-order valence-corrected chi connectivity index (χ0v) is 12.4. The van der Waals surface area contributed by atoms with Crippen LogP contribution in [0.25, 0.3) is 0 Å². The Morgan fingerprint density at radius 3 is 3.00 bits per heavy atom. The average molecular weight is 290 g/mol. The van der Waals surface area contributed by atoms with Crippen LogP contribution in [-0.4, -0.2) is 48.0 Å². The van der Waals surface area contributed by atoms with Gasteiger partial charge in [0.15, 0.2) is 5.82 Å². The molecule has 2 fully saturated rings. The van der Waals surface area contributed by atoms with Gasteiger partial charge >= 0.3 is 0 Å². The first-order valence-electron chi connectivity index (χ1n) is 7.96. The van der Waals surface area contributed by atoms with Gasteiger partial charge in [-0.25, -0.2) is 0 Å². The van der Waals surface area contributed by atoms with Gasteiger partial charge in [0.25, 0.3) is 5.91 Å². The number of hydrogen-bond acceptors (Lipinski definition) is 4. The lowest BCUT2D eigenvalue weighted by Gasteiger charge is -2.37. The number of nitrogens with zero attached hydrogens (tertiary/aromatic N) is 3. The van der Waals surface area contributed by atoms with Crippen LogP contribution in [0.4, 0.5) is 5.82 Å². The molecule has 1 N–H and O–H groups in total. The van der Waals surface area contributed by atoms with Gasteiger partial charge in [-0.1, -0.05) is 6.42 Å². The highest BCUT2D eigenvalue weighted by molar-refractivity contribution is 5.94. The van der Waals surface area contributed by atoms with E-state index in [2.05, 4.69) is 17.1 Å². The first kappa shape index (κ1) is 13.1. The molecule has 6 heteroatoms. The summed E-state index contributed by atoms with van der Waals surface area (Å²) < 4.78 is 7.47. The van der Waals surface area contributed by atoms with Crippen LogP contribution in [0.15, 0.2) is 6.07 Å². The minimum atomic E-state index is 0.00485. The number of aromatic nitrogens is 2. The molecule has 0 radical (unpaired) electrons. The maximum absolute atomic E-state index is 12.1. The SMILES string of the molecule is C[C@@H]1COCCN1c1cc2n(n1)[C@@H](C1CCC1)CNC2=O. The van der Waals surface area contributed by atoms with E-state index in [0.717, 1.165) is 32.1 Å². The van der Waals surface area contributed by atoms with Gasteiger partial charge < -0.3 is 15.0 Å². The number of carbonyl (C=O) groups is 1. The van der Waals surface area contributed by atoms with Crippen molar-refractivity contribution in [1.29, 1.82) is 0 Å². The number of carbonyl (C=O) groups excluding carboxylic acids is 1. The van der Waals surface area contributed by atoms with E-state index in [1.54, 1.807) is 0 Å². The van der Waals surface area contributed by atoms with Crippen LogP contribution >= 0.6 is 0 Å². The molecule has 4 rings (SSSR count). The molecule has 6 nitrogen and oxygen atoms in total. The zero-order valence-electron chi connectivity index (χ0n) is 12.4. The van der Waals surface area contributed by atoms with Crippen molar-refractivity contribution < 1.29 is 9.53 Å². The van der Waals surface area contributed by atoms with Gasteiger partial charge in [0.05, 0.1) is 25.3 Å². The standard InChI is InChI=1S/C15H22N4O2/c1-10-9-21-6-5-18(10)14-7-12-15(20)16-8-13(19(12)17-14)11-3-2-4-11/h7,10-11,13H,2-6,8-9H2,1H3,(H,16,20)/t10-,13-/m1/s1. The molecule has 0 bridgehead atoms. The van der Waals surface area contributed by atoms with E-state index in [1.807, 2.05) is 10.7 Å². The Morgan fingerprint density at radius 1 is 1.43 bits per heavy atom. The fourth-order valence-electron chi connectivity index (χ4n) is 3.58. The summed E-state index contributed by atoms with van der Waals surface area (Å²) in [6, 6.07) is 2.58. The first-order chi connectivity index (χ1) is 10.2. The number of anilines is 1. The van der Waals surface area contributed by atoms with Crippen LogP contribution in [0.3, 0.4) is 0 Å². The van der Waals surface area contributed by atoms with Gasteiger partial charge in [-0.15, -0.1) is 0 Å². The predicted octanol–water partition coefficient (Wildman–Crippen LogP) is 1.19. The highest BCUT2D eigenvalue weighted by atomic mass is 16.5. The number of fused-ring (bicyclic) bond motifs is 1. The largest absolute Gasteiger partial charge is 0.377 e. The molecule has 1 aliphatic carbocycles. The van der Waals surface area contributed by atoms with E-state index >= 15 is 0 Å². The molecule has 0 unspecified atom stereocenters. The molecule has 114 valence electrons. The molecule has 2 aliphatic heterocycles. The van der Waals surface area contributed by atoms with Gasteiger partial charge in [-0.3, -0.25) is 9.48 Å². The quantitative estimate of drug-likeness (QED) is 0.889. The van der Waals surface area contributed by atoms with Crippen LogP contribution in [0.5, 0.6) is 0 Å². The monoisotopic (exact) mass is 290 g/mol. The number of hydrogen-bond donors (Lipinski definition) is 1. The number of morpholine rings is 1. The molecule has 1 amide bonds. The second-order valence-electron chi connectivity index (χ2n) is 6.42. The van der Waals surface area contributed by atoms with Gasteiger partial charge in [-0.2, -0.15) is 5.10 Å². The van der Waals surface area contributed by atoms with Gasteiger partial charge in [0.2, 0.25) is 0 Å². The van der Waals surface area contributed by atoms with Crippen molar-refractivity contribution in [3.05, 3.63) is 11.8 Å². The van der Waals surface area contributed by atoms with Gasteiger partial charge in [0.1, 0.15) is 5.69 Å². The van der Waals surface area contributed by atoms with Crippen LogP contribution in [0.2, 0.25) is 0 Å². The highest BCUT2D eigenvalue weighted by Crippen LogP contribution is 2.38. The molecule has 1 aromatic heterocycles. The summed E-state index contributed by atoms with van der Waals surface area (Å²) in [6.45, 7) is 5.15. The van der Waals surface area contributed by atoms with Crippen molar-refractivity contribution in [3.8, 4) is 0 Å². The van der Waals surface area contributed by atoms with Crippen molar-refractivity contribution in [1.82, 2.24) is 15.1 Å². The summed E-state index contributed by atoms with van der Waals surface area (Å²) in [7, 11) is 0. The second kappa shape index (κ2) is 5.02. The fourth-order valence-corrected chi connectivity index (χ4v) is 3.58. The van der Waals surface area contributed by atoms with Gasteiger partial charge in [0, 0.05) is 19.2 Å². The minimum Gasteiger partial charge on any atom is -0.377 e. The molecular weight excluding hydrogens is 268 g/mol. The Labute approximate surface area is 124 Å². The second-order valence-corrected chi connectivity index (χ2v) is 6.42. The Balaban J connectivity index is 1.66. The molecule has 3 aliphatic rings. The molecule has 1 aromatic rings. The maximum Gasteiger partial charge on any atom is 0.269 e. The summed E-state index contributed by atoms with van der Waals surface area (Å²) >= 11 is 0. The van der Waals surface area contributed by atoms with Crippen molar-refractivity contribution in [3.63, 3.8) is 0 Å². The lowest BCUT2D eigenvalue weighted by Crippen LogP contribution is -2.44. The third-order valence-electron chi connectivity index (χ3n) is 5.10. The van der Waals surface area contributed by atoms with E-state index < -0.39 is 0 Å². The van der Waals surface area contributed by atoms with Crippen LogP contribution in [0.1, 0.15) is 42.7 Å². The summed E-state index contributed by atoms with van der Waals surface area (Å²) in [6.07, 6.45) is 3.81. The Kier molecular flexibility index (Phi) is 3.14. The summed E-state index contributed by atoms with van der Waals surface area (Å²) in [5, 5.41) is 7.81. The zero-order chi connectivity index (χ0) is 14.4. The smallest absolute Gasteiger partial charge is 0.269 e. The number of amides is 1. The van der Waals surface area contributed by atoms with Crippen LogP contribution < -0.4 is 10.2 Å².